The molecule has 0 radical (unpaired) electrons. The Morgan fingerprint density at radius 3 is 2.95 bits per heavy atom. The van der Waals surface area contributed by atoms with E-state index in [4.69, 9.17) is 4.74 Å². The summed E-state index contributed by atoms with van der Waals surface area (Å²) >= 11 is 0. The van der Waals surface area contributed by atoms with E-state index in [0.717, 1.165) is 18.6 Å². The molecule has 1 N–H and O–H groups in total. The number of pyridine rings is 1. The Morgan fingerprint density at radius 1 is 1.16 bits per heavy atom. The summed E-state index contributed by atoms with van der Waals surface area (Å²) < 4.78 is 5.78. The molecule has 1 atom stereocenters. The maximum absolute atomic E-state index is 10.0. The Hall–Kier alpha value is -1.87. The van der Waals surface area contributed by atoms with Gasteiger partial charge in [-0.15, -0.1) is 0 Å². The van der Waals surface area contributed by atoms with Crippen LogP contribution in [0.2, 0.25) is 0 Å². The molecule has 1 aliphatic carbocycles. The molecule has 98 valence electrons. The number of aliphatic hydroxyl groups is 1. The predicted molar refractivity (Wildman–Crippen MR) is 73.2 cm³/mol. The first-order valence-corrected chi connectivity index (χ1v) is 6.67. The number of rotatable bonds is 4. The number of ether oxygens (including phenoxy) is 1. The third-order valence-corrected chi connectivity index (χ3v) is 3.53. The first-order valence-electron chi connectivity index (χ1n) is 6.67. The molecule has 0 saturated carbocycles. The van der Waals surface area contributed by atoms with Crippen molar-refractivity contribution < 1.29 is 9.84 Å². The zero-order valence-electron chi connectivity index (χ0n) is 10.7. The van der Waals surface area contributed by atoms with Gasteiger partial charge in [-0.25, -0.2) is 0 Å². The van der Waals surface area contributed by atoms with Crippen LogP contribution >= 0.6 is 0 Å². The number of hydrogen-bond donors (Lipinski definition) is 1. The van der Waals surface area contributed by atoms with E-state index in [1.807, 2.05) is 30.3 Å². The van der Waals surface area contributed by atoms with E-state index in [9.17, 15) is 5.11 Å². The smallest absolute Gasteiger partial charge is 0.130 e. The molecule has 0 saturated heterocycles. The van der Waals surface area contributed by atoms with Crippen molar-refractivity contribution in [3.63, 3.8) is 0 Å². The highest BCUT2D eigenvalue weighted by Gasteiger charge is 2.16. The Labute approximate surface area is 112 Å². The summed E-state index contributed by atoms with van der Waals surface area (Å²) in [6, 6.07) is 11.7. The summed E-state index contributed by atoms with van der Waals surface area (Å²) in [7, 11) is 0. The van der Waals surface area contributed by atoms with Crippen LogP contribution in [0, 0.1) is 0 Å². The third kappa shape index (κ3) is 2.61. The van der Waals surface area contributed by atoms with E-state index in [-0.39, 0.29) is 6.61 Å². The van der Waals surface area contributed by atoms with Gasteiger partial charge in [0.15, 0.2) is 0 Å². The fourth-order valence-corrected chi connectivity index (χ4v) is 2.55. The second-order valence-corrected chi connectivity index (χ2v) is 4.83. The monoisotopic (exact) mass is 255 g/mol. The van der Waals surface area contributed by atoms with Crippen LogP contribution in [0.5, 0.6) is 5.75 Å². The molecule has 19 heavy (non-hydrogen) atoms. The van der Waals surface area contributed by atoms with Crippen LogP contribution in [0.4, 0.5) is 0 Å². The van der Waals surface area contributed by atoms with Crippen molar-refractivity contribution in [1.29, 1.82) is 0 Å². The SMILES string of the molecule is OC(COc1cccc2c1CCC2)c1ccccn1. The van der Waals surface area contributed by atoms with Gasteiger partial charge >= 0.3 is 0 Å². The summed E-state index contributed by atoms with van der Waals surface area (Å²) in [5.74, 6) is 0.907. The molecule has 0 fully saturated rings. The van der Waals surface area contributed by atoms with Crippen molar-refractivity contribution in [2.75, 3.05) is 6.61 Å². The molecule has 3 nitrogen and oxygen atoms in total. The predicted octanol–water partition coefficient (Wildman–Crippen LogP) is 2.68. The van der Waals surface area contributed by atoms with Gasteiger partial charge in [0.05, 0.1) is 5.69 Å². The van der Waals surface area contributed by atoms with Crippen LogP contribution < -0.4 is 4.74 Å². The summed E-state index contributed by atoms with van der Waals surface area (Å²) in [5, 5.41) is 10.0. The summed E-state index contributed by atoms with van der Waals surface area (Å²) in [6.07, 6.45) is 4.40. The minimum absolute atomic E-state index is 0.244. The van der Waals surface area contributed by atoms with E-state index < -0.39 is 6.10 Å². The minimum atomic E-state index is -0.682. The maximum atomic E-state index is 10.0. The highest BCUT2D eigenvalue weighted by atomic mass is 16.5. The Kier molecular flexibility index (Phi) is 3.47. The fraction of sp³-hybridized carbons (Fsp3) is 0.312. The molecule has 1 aromatic heterocycles. The van der Waals surface area contributed by atoms with Gasteiger partial charge in [0.25, 0.3) is 0 Å². The average molecular weight is 255 g/mol. The molecular formula is C16H17NO2. The van der Waals surface area contributed by atoms with Gasteiger partial charge < -0.3 is 9.84 Å². The molecule has 1 aliphatic rings. The average Bonchev–Trinajstić information content (AvgIpc) is 2.94. The molecule has 0 spiro atoms. The molecule has 3 rings (SSSR count). The zero-order valence-corrected chi connectivity index (χ0v) is 10.7. The van der Waals surface area contributed by atoms with E-state index in [0.29, 0.717) is 5.69 Å². The molecule has 2 aromatic rings. The molecular weight excluding hydrogens is 238 g/mol. The maximum Gasteiger partial charge on any atom is 0.130 e. The zero-order chi connectivity index (χ0) is 13.1. The van der Waals surface area contributed by atoms with Gasteiger partial charge in [-0.1, -0.05) is 18.2 Å². The van der Waals surface area contributed by atoms with Crippen molar-refractivity contribution in [3.05, 3.63) is 59.4 Å². The molecule has 0 aliphatic heterocycles. The lowest BCUT2D eigenvalue weighted by atomic mass is 10.1. The van der Waals surface area contributed by atoms with Crippen molar-refractivity contribution in [2.24, 2.45) is 0 Å². The number of aryl methyl sites for hydroxylation is 1. The lowest BCUT2D eigenvalue weighted by Gasteiger charge is -2.14. The number of aromatic nitrogens is 1. The second-order valence-electron chi connectivity index (χ2n) is 4.83. The van der Waals surface area contributed by atoms with E-state index in [2.05, 4.69) is 11.1 Å². The Balaban J connectivity index is 1.69. The second kappa shape index (κ2) is 5.41. The van der Waals surface area contributed by atoms with Crippen LogP contribution in [-0.2, 0) is 12.8 Å². The highest BCUT2D eigenvalue weighted by Crippen LogP contribution is 2.30. The largest absolute Gasteiger partial charge is 0.490 e. The number of fused-ring (bicyclic) bond motifs is 1. The van der Waals surface area contributed by atoms with Crippen LogP contribution in [-0.4, -0.2) is 16.7 Å². The summed E-state index contributed by atoms with van der Waals surface area (Å²) in [6.45, 7) is 0.244. The van der Waals surface area contributed by atoms with Crippen molar-refractivity contribution >= 4 is 0 Å². The number of hydrogen-bond acceptors (Lipinski definition) is 3. The molecule has 1 unspecified atom stereocenters. The van der Waals surface area contributed by atoms with Crippen LogP contribution in [0.25, 0.3) is 0 Å². The first kappa shape index (κ1) is 12.2. The number of aliphatic hydroxyl groups excluding tert-OH is 1. The molecule has 0 amide bonds. The van der Waals surface area contributed by atoms with Crippen molar-refractivity contribution in [1.82, 2.24) is 4.98 Å². The number of benzene rings is 1. The molecule has 1 heterocycles. The Morgan fingerprint density at radius 2 is 2.11 bits per heavy atom. The van der Waals surface area contributed by atoms with Crippen LogP contribution in [0.1, 0.15) is 29.3 Å². The molecule has 3 heteroatoms. The highest BCUT2D eigenvalue weighted by molar-refractivity contribution is 5.43. The van der Waals surface area contributed by atoms with E-state index in [1.54, 1.807) is 6.20 Å². The topological polar surface area (TPSA) is 42.4 Å². The van der Waals surface area contributed by atoms with Crippen LogP contribution in [0.15, 0.2) is 42.6 Å². The quantitative estimate of drug-likeness (QED) is 0.913. The van der Waals surface area contributed by atoms with Crippen LogP contribution in [0.3, 0.4) is 0 Å². The van der Waals surface area contributed by atoms with Gasteiger partial charge in [0.1, 0.15) is 18.5 Å². The van der Waals surface area contributed by atoms with Gasteiger partial charge in [-0.05, 0) is 48.6 Å². The normalized spacial score (nSPS) is 15.0. The molecule has 1 aromatic carbocycles. The van der Waals surface area contributed by atoms with Crippen molar-refractivity contribution in [3.8, 4) is 5.75 Å². The van der Waals surface area contributed by atoms with E-state index >= 15 is 0 Å². The minimum Gasteiger partial charge on any atom is -0.490 e. The van der Waals surface area contributed by atoms with Gasteiger partial charge in [0.2, 0.25) is 0 Å². The standard InChI is InChI=1S/C16H17NO2/c18-15(14-8-1-2-10-17-14)11-19-16-9-4-6-12-5-3-7-13(12)16/h1-2,4,6,8-10,15,18H,3,5,7,11H2. The number of nitrogens with zero attached hydrogens (tertiary/aromatic N) is 1. The fourth-order valence-electron chi connectivity index (χ4n) is 2.55. The lowest BCUT2D eigenvalue weighted by molar-refractivity contribution is 0.104. The first-order chi connectivity index (χ1) is 9.34. The summed E-state index contributed by atoms with van der Waals surface area (Å²) in [5.41, 5.74) is 3.33. The molecule has 0 bridgehead atoms. The Bertz CT molecular complexity index is 554. The van der Waals surface area contributed by atoms with E-state index in [1.165, 1.54) is 17.5 Å². The third-order valence-electron chi connectivity index (χ3n) is 3.53. The van der Waals surface area contributed by atoms with Gasteiger partial charge in [-0.2, -0.15) is 0 Å². The lowest BCUT2D eigenvalue weighted by Crippen LogP contribution is -2.11. The van der Waals surface area contributed by atoms with Gasteiger partial charge in [0, 0.05) is 6.20 Å². The van der Waals surface area contributed by atoms with Gasteiger partial charge in [-0.3, -0.25) is 4.98 Å². The van der Waals surface area contributed by atoms with Crippen molar-refractivity contribution in [2.45, 2.75) is 25.4 Å². The summed E-state index contributed by atoms with van der Waals surface area (Å²) in [4.78, 5) is 4.13.